The van der Waals surface area contributed by atoms with E-state index < -0.39 is 6.03 Å². The number of hydrogen-bond donors (Lipinski definition) is 2. The number of nitrogens with zero attached hydrogens (tertiary/aromatic N) is 2. The van der Waals surface area contributed by atoms with Crippen LogP contribution in [-0.2, 0) is 0 Å². The van der Waals surface area contributed by atoms with Crippen LogP contribution in [0.1, 0.15) is 5.69 Å². The van der Waals surface area contributed by atoms with Crippen molar-refractivity contribution in [3.05, 3.63) is 58.7 Å². The van der Waals surface area contributed by atoms with Gasteiger partial charge in [0.1, 0.15) is 0 Å². The molecule has 0 spiro atoms. The number of carbonyl (C=O) groups is 1. The lowest BCUT2D eigenvalue weighted by molar-refractivity contribution is 0.177. The molecule has 2 aromatic rings. The first-order valence-electron chi connectivity index (χ1n) is 5.54. The van der Waals surface area contributed by atoms with Crippen LogP contribution in [0.4, 0.5) is 10.5 Å². The lowest BCUT2D eigenvalue weighted by Crippen LogP contribution is -2.14. The Labute approximate surface area is 114 Å². The number of aryl methyl sites for hydroxylation is 1. The molecule has 0 bridgehead atoms. The molecule has 0 aliphatic heterocycles. The molecular formula is C13H12ClN3O2. The van der Waals surface area contributed by atoms with Crippen LogP contribution in [0, 0.1) is 6.92 Å². The van der Waals surface area contributed by atoms with E-state index in [1.807, 2.05) is 0 Å². The summed E-state index contributed by atoms with van der Waals surface area (Å²) in [5, 5.41) is 13.0. The Hall–Kier alpha value is -2.27. The average molecular weight is 278 g/mol. The maximum atomic E-state index is 11.7. The van der Waals surface area contributed by atoms with Gasteiger partial charge in [-0.25, -0.2) is 4.79 Å². The van der Waals surface area contributed by atoms with Crippen molar-refractivity contribution >= 4 is 23.3 Å². The quantitative estimate of drug-likeness (QED) is 0.787. The molecule has 2 rings (SSSR count). The number of halogens is 1. The molecule has 1 heterocycles. The third-order valence-corrected chi connectivity index (χ3v) is 2.68. The molecule has 2 amide bonds. The molecule has 2 N–H and O–H groups in total. The molecule has 0 saturated heterocycles. The highest BCUT2D eigenvalue weighted by Crippen LogP contribution is 2.13. The summed E-state index contributed by atoms with van der Waals surface area (Å²) in [6.07, 6.45) is 1.42. The Kier molecular flexibility index (Phi) is 3.87. The van der Waals surface area contributed by atoms with E-state index in [1.54, 1.807) is 37.3 Å². The van der Waals surface area contributed by atoms with Gasteiger partial charge >= 0.3 is 6.03 Å². The number of hydrogen-bond acceptors (Lipinski definition) is 2. The van der Waals surface area contributed by atoms with E-state index >= 15 is 0 Å². The molecule has 0 aliphatic rings. The molecular weight excluding hydrogens is 266 g/mol. The van der Waals surface area contributed by atoms with Gasteiger partial charge < -0.3 is 10.5 Å². The summed E-state index contributed by atoms with van der Waals surface area (Å²) in [7, 11) is 0. The highest BCUT2D eigenvalue weighted by atomic mass is 35.5. The van der Waals surface area contributed by atoms with E-state index in [0.717, 1.165) is 4.73 Å². The van der Waals surface area contributed by atoms with Crippen molar-refractivity contribution in [3.8, 4) is 0 Å². The van der Waals surface area contributed by atoms with Gasteiger partial charge in [0.2, 0.25) is 0 Å². The Morgan fingerprint density at radius 3 is 2.63 bits per heavy atom. The van der Waals surface area contributed by atoms with Gasteiger partial charge in [-0.2, -0.15) is 9.72 Å². The number of aromatic nitrogens is 1. The standard InChI is InChI=1S/C13H12ClN3O2/c1-9-8-12(6-7-17(9)19)16-13(18)15-11-4-2-10(14)3-5-11/h2-8,19H,1H3,(H,15,18)/b16-12+. The van der Waals surface area contributed by atoms with E-state index in [-0.39, 0.29) is 0 Å². The van der Waals surface area contributed by atoms with Crippen LogP contribution in [-0.4, -0.2) is 16.0 Å². The largest absolute Gasteiger partial charge is 0.429 e. The number of pyridine rings is 1. The third-order valence-electron chi connectivity index (χ3n) is 2.43. The Morgan fingerprint density at radius 2 is 2.00 bits per heavy atom. The van der Waals surface area contributed by atoms with Crippen molar-refractivity contribution in [2.24, 2.45) is 4.99 Å². The SMILES string of the molecule is Cc1c/c(=N/C(=O)Nc2ccc(Cl)cc2)ccn1O. The number of nitrogens with one attached hydrogen (secondary N) is 1. The van der Waals surface area contributed by atoms with Gasteiger partial charge in [0.05, 0.1) is 11.1 Å². The van der Waals surface area contributed by atoms with Crippen molar-refractivity contribution in [1.29, 1.82) is 0 Å². The number of carbonyl (C=O) groups excluding carboxylic acids is 1. The second kappa shape index (κ2) is 5.58. The maximum Gasteiger partial charge on any atom is 0.345 e. The van der Waals surface area contributed by atoms with Crippen molar-refractivity contribution in [1.82, 2.24) is 4.73 Å². The molecule has 0 fully saturated rings. The summed E-state index contributed by atoms with van der Waals surface area (Å²) in [6.45, 7) is 1.70. The molecule has 5 nitrogen and oxygen atoms in total. The molecule has 0 saturated carbocycles. The summed E-state index contributed by atoms with van der Waals surface area (Å²) >= 11 is 5.75. The first-order valence-corrected chi connectivity index (χ1v) is 5.92. The highest BCUT2D eigenvalue weighted by Gasteiger charge is 1.99. The molecule has 0 atom stereocenters. The molecule has 0 radical (unpaired) electrons. The smallest absolute Gasteiger partial charge is 0.345 e. The molecule has 98 valence electrons. The summed E-state index contributed by atoms with van der Waals surface area (Å²) < 4.78 is 0.954. The van der Waals surface area contributed by atoms with Crippen LogP contribution >= 0.6 is 11.6 Å². The first kappa shape index (κ1) is 13.2. The fourth-order valence-corrected chi connectivity index (χ4v) is 1.59. The molecule has 6 heteroatoms. The van der Waals surface area contributed by atoms with Gasteiger partial charge in [-0.05, 0) is 43.3 Å². The average Bonchev–Trinajstić information content (AvgIpc) is 2.37. The Morgan fingerprint density at radius 1 is 1.32 bits per heavy atom. The Bertz CT molecular complexity index is 662. The van der Waals surface area contributed by atoms with Gasteiger partial charge in [0, 0.05) is 16.9 Å². The van der Waals surface area contributed by atoms with E-state index in [1.165, 1.54) is 12.3 Å². The zero-order valence-corrected chi connectivity index (χ0v) is 10.9. The van der Waals surface area contributed by atoms with Crippen LogP contribution in [0.15, 0.2) is 47.6 Å². The number of benzene rings is 1. The number of amides is 2. The Balaban J connectivity index is 2.16. The van der Waals surface area contributed by atoms with Crippen molar-refractivity contribution < 1.29 is 10.0 Å². The predicted molar refractivity (Wildman–Crippen MR) is 72.4 cm³/mol. The summed E-state index contributed by atoms with van der Waals surface area (Å²) in [6, 6.07) is 9.38. The van der Waals surface area contributed by atoms with Crippen molar-refractivity contribution in [3.63, 3.8) is 0 Å². The highest BCUT2D eigenvalue weighted by molar-refractivity contribution is 6.30. The zero-order chi connectivity index (χ0) is 13.8. The van der Waals surface area contributed by atoms with Crippen LogP contribution < -0.4 is 10.7 Å². The van der Waals surface area contributed by atoms with Crippen molar-refractivity contribution in [2.45, 2.75) is 6.92 Å². The molecule has 19 heavy (non-hydrogen) atoms. The predicted octanol–water partition coefficient (Wildman–Crippen LogP) is 2.82. The second-order valence-corrected chi connectivity index (χ2v) is 4.36. The van der Waals surface area contributed by atoms with Gasteiger partial charge in [0.15, 0.2) is 0 Å². The lowest BCUT2D eigenvalue weighted by atomic mass is 10.3. The maximum absolute atomic E-state index is 11.7. The first-order chi connectivity index (χ1) is 9.04. The monoisotopic (exact) mass is 277 g/mol. The van der Waals surface area contributed by atoms with Crippen molar-refractivity contribution in [2.75, 3.05) is 5.32 Å². The number of rotatable bonds is 1. The normalized spacial score (nSPS) is 11.4. The summed E-state index contributed by atoms with van der Waals surface area (Å²) in [4.78, 5) is 15.6. The fraction of sp³-hybridized carbons (Fsp3) is 0.0769. The minimum atomic E-state index is -0.489. The summed E-state index contributed by atoms with van der Waals surface area (Å²) in [5.74, 6) is 0. The minimum Gasteiger partial charge on any atom is -0.429 e. The van der Waals surface area contributed by atoms with E-state index in [2.05, 4.69) is 10.3 Å². The van der Waals surface area contributed by atoms with Gasteiger partial charge in [-0.1, -0.05) is 11.6 Å². The molecule has 0 aliphatic carbocycles. The van der Waals surface area contributed by atoms with Gasteiger partial charge in [-0.3, -0.25) is 0 Å². The zero-order valence-electron chi connectivity index (χ0n) is 10.2. The number of urea groups is 1. The van der Waals surface area contributed by atoms with Gasteiger partial charge in [-0.15, -0.1) is 0 Å². The van der Waals surface area contributed by atoms with Gasteiger partial charge in [0.25, 0.3) is 0 Å². The summed E-state index contributed by atoms with van der Waals surface area (Å²) in [5.41, 5.74) is 1.20. The molecule has 1 aromatic heterocycles. The van der Waals surface area contributed by atoms with E-state index in [4.69, 9.17) is 11.6 Å². The second-order valence-electron chi connectivity index (χ2n) is 3.92. The lowest BCUT2D eigenvalue weighted by Gasteiger charge is -2.02. The van der Waals surface area contributed by atoms with E-state index in [9.17, 15) is 10.0 Å². The third kappa shape index (κ3) is 3.59. The van der Waals surface area contributed by atoms with E-state index in [0.29, 0.717) is 21.8 Å². The minimum absolute atomic E-state index is 0.467. The van der Waals surface area contributed by atoms with Crippen LogP contribution in [0.25, 0.3) is 0 Å². The van der Waals surface area contributed by atoms with Crippen LogP contribution in [0.5, 0.6) is 0 Å². The van der Waals surface area contributed by atoms with Crippen LogP contribution in [0.3, 0.4) is 0 Å². The number of anilines is 1. The molecule has 1 aromatic carbocycles. The van der Waals surface area contributed by atoms with Crippen LogP contribution in [0.2, 0.25) is 5.02 Å². The topological polar surface area (TPSA) is 66.6 Å². The molecule has 0 unspecified atom stereocenters. The fourth-order valence-electron chi connectivity index (χ4n) is 1.46.